The number of rotatable bonds is 8. The molecule has 0 aliphatic rings. The Morgan fingerprint density at radius 2 is 1.85 bits per heavy atom. The van der Waals surface area contributed by atoms with Crippen molar-refractivity contribution in [1.82, 2.24) is 20.5 Å². The van der Waals surface area contributed by atoms with Gasteiger partial charge in [0.05, 0.1) is 0 Å². The van der Waals surface area contributed by atoms with E-state index in [2.05, 4.69) is 20.5 Å². The van der Waals surface area contributed by atoms with Crippen molar-refractivity contribution in [3.8, 4) is 0 Å². The number of carbonyl (C=O) groups excluding carboxylic acids is 2. The van der Waals surface area contributed by atoms with E-state index >= 15 is 0 Å². The third-order valence-corrected chi connectivity index (χ3v) is 5.21. The molecule has 0 saturated heterocycles. The Kier molecular flexibility index (Phi) is 6.48. The van der Waals surface area contributed by atoms with E-state index in [1.807, 2.05) is 60.8 Å². The fraction of sp³-hybridized carbons (Fsp3) is 0.250. The summed E-state index contributed by atoms with van der Waals surface area (Å²) in [4.78, 5) is 27.1. The average molecular weight is 463 g/mol. The van der Waals surface area contributed by atoms with Crippen molar-refractivity contribution in [2.75, 3.05) is 0 Å². The van der Waals surface area contributed by atoms with Gasteiger partial charge in [0.2, 0.25) is 5.89 Å². The smallest absolute Gasteiger partial charge is 0.408 e. The van der Waals surface area contributed by atoms with E-state index in [0.29, 0.717) is 6.42 Å². The first-order chi connectivity index (χ1) is 16.3. The van der Waals surface area contributed by atoms with Gasteiger partial charge in [-0.3, -0.25) is 0 Å². The van der Waals surface area contributed by atoms with Gasteiger partial charge in [-0.15, -0.1) is 10.2 Å². The Hall–Kier alpha value is -4.34. The highest BCUT2D eigenvalue weighted by atomic mass is 16.6. The molecule has 2 aromatic carbocycles. The predicted octanol–water partition coefficient (Wildman–Crippen LogP) is 4.09. The zero-order chi connectivity index (χ0) is 24.1. The summed E-state index contributed by atoms with van der Waals surface area (Å²) in [5, 5.41) is 11.9. The van der Waals surface area contributed by atoms with Crippen LogP contribution in [0.1, 0.15) is 42.8 Å². The van der Waals surface area contributed by atoms with E-state index in [1.165, 1.54) is 0 Å². The number of primary amides is 1. The SMILES string of the molecule is CC(C)(OC(N)=O)c1nnc(C(Cc2c[nH]c3ccccc23)NC(=O)OCc2ccccc2)o1. The molecule has 0 radical (unpaired) electrons. The summed E-state index contributed by atoms with van der Waals surface area (Å²) in [7, 11) is 0. The molecule has 0 fully saturated rings. The van der Waals surface area contributed by atoms with Crippen molar-refractivity contribution in [1.29, 1.82) is 0 Å². The largest absolute Gasteiger partial charge is 0.445 e. The number of amides is 2. The molecule has 0 aliphatic heterocycles. The van der Waals surface area contributed by atoms with Crippen molar-refractivity contribution in [3.05, 3.63) is 83.7 Å². The number of para-hydroxylation sites is 1. The second-order valence-electron chi connectivity index (χ2n) is 8.20. The Balaban J connectivity index is 1.56. The molecule has 10 nitrogen and oxygen atoms in total. The lowest BCUT2D eigenvalue weighted by Gasteiger charge is -2.19. The number of nitrogens with two attached hydrogens (primary N) is 1. The summed E-state index contributed by atoms with van der Waals surface area (Å²) in [6, 6.07) is 16.5. The first kappa shape index (κ1) is 22.8. The van der Waals surface area contributed by atoms with Gasteiger partial charge in [0.15, 0.2) is 5.60 Å². The quantitative estimate of drug-likeness (QED) is 0.357. The van der Waals surface area contributed by atoms with Crippen LogP contribution in [0.15, 0.2) is 65.2 Å². The highest BCUT2D eigenvalue weighted by molar-refractivity contribution is 5.83. The molecular weight excluding hydrogens is 438 g/mol. The molecule has 4 rings (SSSR count). The molecule has 34 heavy (non-hydrogen) atoms. The number of H-pyrrole nitrogens is 1. The lowest BCUT2D eigenvalue weighted by molar-refractivity contribution is 0.0208. The number of alkyl carbamates (subject to hydrolysis) is 1. The number of nitrogens with zero attached hydrogens (tertiary/aromatic N) is 2. The number of aromatic nitrogens is 3. The predicted molar refractivity (Wildman–Crippen MR) is 122 cm³/mol. The van der Waals surface area contributed by atoms with Gasteiger partial charge in [-0.05, 0) is 31.0 Å². The summed E-state index contributed by atoms with van der Waals surface area (Å²) in [5.41, 5.74) is 6.67. The lowest BCUT2D eigenvalue weighted by Crippen LogP contribution is -2.31. The van der Waals surface area contributed by atoms with Crippen LogP contribution < -0.4 is 11.1 Å². The van der Waals surface area contributed by atoms with Gasteiger partial charge in [-0.25, -0.2) is 9.59 Å². The molecule has 4 aromatic rings. The van der Waals surface area contributed by atoms with Crippen LogP contribution in [0.25, 0.3) is 10.9 Å². The highest BCUT2D eigenvalue weighted by Crippen LogP contribution is 2.28. The first-order valence-corrected chi connectivity index (χ1v) is 10.7. The summed E-state index contributed by atoms with van der Waals surface area (Å²) in [5.74, 6) is 0.183. The van der Waals surface area contributed by atoms with Crippen LogP contribution >= 0.6 is 0 Å². The van der Waals surface area contributed by atoms with Crippen LogP contribution in [0.3, 0.4) is 0 Å². The third kappa shape index (κ3) is 5.34. The van der Waals surface area contributed by atoms with Gasteiger partial charge >= 0.3 is 12.2 Å². The molecule has 176 valence electrons. The molecule has 4 N–H and O–H groups in total. The Bertz CT molecular complexity index is 1280. The summed E-state index contributed by atoms with van der Waals surface area (Å²) < 4.78 is 16.3. The fourth-order valence-corrected chi connectivity index (χ4v) is 3.54. The van der Waals surface area contributed by atoms with E-state index < -0.39 is 23.8 Å². The van der Waals surface area contributed by atoms with E-state index in [4.69, 9.17) is 19.6 Å². The van der Waals surface area contributed by atoms with Crippen LogP contribution in [0.5, 0.6) is 0 Å². The molecule has 0 saturated carbocycles. The molecule has 0 aliphatic carbocycles. The number of aromatic amines is 1. The van der Waals surface area contributed by atoms with Crippen molar-refractivity contribution in [2.24, 2.45) is 5.73 Å². The molecule has 1 unspecified atom stereocenters. The lowest BCUT2D eigenvalue weighted by atomic mass is 10.0. The molecule has 2 amide bonds. The van der Waals surface area contributed by atoms with Gasteiger partial charge < -0.3 is 29.9 Å². The minimum absolute atomic E-state index is 0.0460. The average Bonchev–Trinajstić information content (AvgIpc) is 3.46. The topological polar surface area (TPSA) is 145 Å². The van der Waals surface area contributed by atoms with Crippen LogP contribution in [0.4, 0.5) is 9.59 Å². The molecule has 0 bridgehead atoms. The van der Waals surface area contributed by atoms with E-state index in [1.54, 1.807) is 13.8 Å². The Morgan fingerprint density at radius 3 is 2.62 bits per heavy atom. The van der Waals surface area contributed by atoms with E-state index in [0.717, 1.165) is 22.0 Å². The number of benzene rings is 2. The Labute approximate surface area is 195 Å². The fourth-order valence-electron chi connectivity index (χ4n) is 3.54. The zero-order valence-corrected chi connectivity index (χ0v) is 18.8. The third-order valence-electron chi connectivity index (χ3n) is 5.21. The van der Waals surface area contributed by atoms with Crippen LogP contribution in [-0.2, 0) is 28.1 Å². The van der Waals surface area contributed by atoms with E-state index in [9.17, 15) is 9.59 Å². The maximum absolute atomic E-state index is 12.6. The number of fused-ring (bicyclic) bond motifs is 1. The monoisotopic (exact) mass is 463 g/mol. The number of carbonyl (C=O) groups is 2. The molecule has 2 aromatic heterocycles. The van der Waals surface area contributed by atoms with Crippen LogP contribution in [0.2, 0.25) is 0 Å². The number of nitrogens with one attached hydrogen (secondary N) is 2. The standard InChI is InChI=1S/C24H25N5O5/c1-24(2,34-22(25)30)21-29-28-20(33-21)19(12-16-13-26-18-11-7-6-10-17(16)18)27-23(31)32-14-15-8-4-3-5-9-15/h3-11,13,19,26H,12,14H2,1-2H3,(H2,25,30)(H,27,31). The number of hydrogen-bond acceptors (Lipinski definition) is 7. The minimum Gasteiger partial charge on any atom is -0.445 e. The van der Waals surface area contributed by atoms with Gasteiger partial charge in [-0.1, -0.05) is 48.5 Å². The van der Waals surface area contributed by atoms with Gasteiger partial charge in [-0.2, -0.15) is 0 Å². The van der Waals surface area contributed by atoms with Gasteiger partial charge in [0, 0.05) is 23.5 Å². The normalized spacial score (nSPS) is 12.3. The van der Waals surface area contributed by atoms with E-state index in [-0.39, 0.29) is 18.4 Å². The molecule has 1 atom stereocenters. The van der Waals surface area contributed by atoms with Crippen LogP contribution in [-0.4, -0.2) is 27.4 Å². The molecule has 2 heterocycles. The molecular formula is C24H25N5O5. The van der Waals surface area contributed by atoms with Crippen molar-refractivity contribution >= 4 is 23.1 Å². The highest BCUT2D eigenvalue weighted by Gasteiger charge is 2.33. The van der Waals surface area contributed by atoms with Crippen molar-refractivity contribution in [2.45, 2.75) is 38.5 Å². The Morgan fingerprint density at radius 1 is 1.12 bits per heavy atom. The summed E-state index contributed by atoms with van der Waals surface area (Å²) in [6.45, 7) is 3.26. The number of hydrogen-bond donors (Lipinski definition) is 3. The number of ether oxygens (including phenoxy) is 2. The van der Waals surface area contributed by atoms with Gasteiger partial charge in [0.25, 0.3) is 5.89 Å². The molecule has 10 heteroatoms. The zero-order valence-electron chi connectivity index (χ0n) is 18.8. The van der Waals surface area contributed by atoms with Crippen molar-refractivity contribution in [3.63, 3.8) is 0 Å². The maximum atomic E-state index is 12.6. The molecule has 0 spiro atoms. The van der Waals surface area contributed by atoms with Crippen LogP contribution in [0, 0.1) is 0 Å². The van der Waals surface area contributed by atoms with Gasteiger partial charge in [0.1, 0.15) is 12.6 Å². The summed E-state index contributed by atoms with van der Waals surface area (Å²) in [6.07, 6.45) is 0.610. The first-order valence-electron chi connectivity index (χ1n) is 10.7. The minimum atomic E-state index is -1.24. The summed E-state index contributed by atoms with van der Waals surface area (Å²) >= 11 is 0. The van der Waals surface area contributed by atoms with Crippen molar-refractivity contribution < 1.29 is 23.5 Å². The second-order valence-corrected chi connectivity index (χ2v) is 8.20. The maximum Gasteiger partial charge on any atom is 0.408 e. The second kappa shape index (κ2) is 9.65.